The first-order valence-electron chi connectivity index (χ1n) is 8.21. The number of nitrogens with zero attached hydrogens (tertiary/aromatic N) is 3. The predicted molar refractivity (Wildman–Crippen MR) is 99.1 cm³/mol. The highest BCUT2D eigenvalue weighted by molar-refractivity contribution is 5.75. The van der Waals surface area contributed by atoms with E-state index in [1.807, 2.05) is 19.1 Å². The van der Waals surface area contributed by atoms with Gasteiger partial charge in [0.05, 0.1) is 17.2 Å². The second kappa shape index (κ2) is 6.67. The molecule has 25 heavy (non-hydrogen) atoms. The van der Waals surface area contributed by atoms with Gasteiger partial charge < -0.3 is 4.57 Å². The smallest absolute Gasteiger partial charge is 0.102 e. The summed E-state index contributed by atoms with van der Waals surface area (Å²) in [7, 11) is 0. The van der Waals surface area contributed by atoms with Crippen LogP contribution in [0.3, 0.4) is 0 Å². The number of hydrogen-bond acceptors (Lipinski definition) is 2. The van der Waals surface area contributed by atoms with Crippen molar-refractivity contribution in [2.24, 2.45) is 0 Å². The quantitative estimate of drug-likeness (QED) is 0.689. The lowest BCUT2D eigenvalue weighted by Gasteiger charge is -2.10. The third-order valence-electron chi connectivity index (χ3n) is 4.66. The molecule has 0 fully saturated rings. The Hall–Kier alpha value is -3.30. The molecule has 0 aliphatic rings. The van der Waals surface area contributed by atoms with Gasteiger partial charge in [-0.05, 0) is 44.0 Å². The molecule has 122 valence electrons. The molecule has 0 aliphatic carbocycles. The van der Waals surface area contributed by atoms with Crippen LogP contribution in [0.1, 0.15) is 33.6 Å². The van der Waals surface area contributed by atoms with Crippen molar-refractivity contribution in [1.29, 1.82) is 10.5 Å². The molecule has 0 unspecified atom stereocenters. The molecule has 0 aliphatic heterocycles. The van der Waals surface area contributed by atoms with E-state index in [1.54, 1.807) is 12.1 Å². The monoisotopic (exact) mass is 325 g/mol. The Morgan fingerprint density at radius 1 is 0.800 bits per heavy atom. The Bertz CT molecular complexity index is 992. The lowest BCUT2D eigenvalue weighted by molar-refractivity contribution is 0.749. The predicted octanol–water partition coefficient (Wildman–Crippen LogP) is 4.87. The van der Waals surface area contributed by atoms with E-state index < -0.39 is 0 Å². The maximum Gasteiger partial charge on any atom is 0.102 e. The van der Waals surface area contributed by atoms with Crippen molar-refractivity contribution in [2.45, 2.75) is 27.3 Å². The van der Waals surface area contributed by atoms with Gasteiger partial charge in [0.2, 0.25) is 0 Å². The number of aromatic nitrogens is 1. The Morgan fingerprint density at radius 3 is 2.00 bits per heavy atom. The molecule has 0 atom stereocenters. The summed E-state index contributed by atoms with van der Waals surface area (Å²) < 4.78 is 2.19. The first-order chi connectivity index (χ1) is 12.0. The second-order valence-corrected chi connectivity index (χ2v) is 6.29. The van der Waals surface area contributed by atoms with Crippen LogP contribution in [0.5, 0.6) is 0 Å². The van der Waals surface area contributed by atoms with Crippen LogP contribution in [0.4, 0.5) is 0 Å². The molecular formula is C22H19N3. The lowest BCUT2D eigenvalue weighted by Crippen LogP contribution is -2.04. The molecule has 1 aromatic heterocycles. The fourth-order valence-corrected chi connectivity index (χ4v) is 3.20. The second-order valence-electron chi connectivity index (χ2n) is 6.29. The normalized spacial score (nSPS) is 10.3. The summed E-state index contributed by atoms with van der Waals surface area (Å²) in [5, 5.41) is 18.7. The van der Waals surface area contributed by atoms with Crippen molar-refractivity contribution >= 4 is 0 Å². The largest absolute Gasteiger partial charge is 0.343 e. The van der Waals surface area contributed by atoms with E-state index in [9.17, 15) is 5.26 Å². The zero-order chi connectivity index (χ0) is 18.0. The van der Waals surface area contributed by atoms with Crippen LogP contribution >= 0.6 is 0 Å². The van der Waals surface area contributed by atoms with Gasteiger partial charge in [0, 0.05) is 23.5 Å². The van der Waals surface area contributed by atoms with Gasteiger partial charge >= 0.3 is 0 Å². The number of rotatable bonds is 3. The molecule has 2 aromatic carbocycles. The summed E-state index contributed by atoms with van der Waals surface area (Å²) in [5.74, 6) is 0. The topological polar surface area (TPSA) is 52.5 Å². The van der Waals surface area contributed by atoms with Crippen LogP contribution in [0.25, 0.3) is 11.1 Å². The summed E-state index contributed by atoms with van der Waals surface area (Å²) >= 11 is 0. The first-order valence-corrected chi connectivity index (χ1v) is 8.21. The molecule has 0 amide bonds. The highest BCUT2D eigenvalue weighted by Crippen LogP contribution is 2.32. The van der Waals surface area contributed by atoms with Crippen molar-refractivity contribution in [2.75, 3.05) is 0 Å². The minimum absolute atomic E-state index is 0.621. The third kappa shape index (κ3) is 3.05. The molecule has 0 saturated heterocycles. The van der Waals surface area contributed by atoms with Crippen LogP contribution in [0.2, 0.25) is 0 Å². The summed E-state index contributed by atoms with van der Waals surface area (Å²) in [4.78, 5) is 0. The van der Waals surface area contributed by atoms with E-state index in [1.165, 1.54) is 11.1 Å². The van der Waals surface area contributed by atoms with E-state index >= 15 is 0 Å². The minimum atomic E-state index is 0.621. The fourth-order valence-electron chi connectivity index (χ4n) is 3.20. The average Bonchev–Trinajstić information content (AvgIpc) is 2.87. The number of hydrogen-bond donors (Lipinski definition) is 0. The van der Waals surface area contributed by atoms with E-state index in [0.717, 1.165) is 29.1 Å². The molecule has 0 saturated carbocycles. The van der Waals surface area contributed by atoms with E-state index in [0.29, 0.717) is 11.1 Å². The van der Waals surface area contributed by atoms with Crippen molar-refractivity contribution in [3.05, 3.63) is 82.2 Å². The third-order valence-corrected chi connectivity index (χ3v) is 4.66. The highest BCUT2D eigenvalue weighted by Gasteiger charge is 2.19. The standard InChI is InChI=1S/C22H19N3/c1-15-4-6-19(7-5-15)14-25-16(2)21(13-24)22(17(25)3)20-10-8-18(12-23)9-11-20/h4-11H,14H2,1-3H3. The zero-order valence-electron chi connectivity index (χ0n) is 14.7. The van der Waals surface area contributed by atoms with Crippen LogP contribution in [0, 0.1) is 43.4 Å². The van der Waals surface area contributed by atoms with Crippen LogP contribution in [0.15, 0.2) is 48.5 Å². The van der Waals surface area contributed by atoms with Crippen LogP contribution in [-0.2, 0) is 6.54 Å². The fraction of sp³-hybridized carbons (Fsp3) is 0.182. The van der Waals surface area contributed by atoms with Crippen molar-refractivity contribution in [3.63, 3.8) is 0 Å². The van der Waals surface area contributed by atoms with Gasteiger partial charge in [0.15, 0.2) is 0 Å². The molecule has 3 nitrogen and oxygen atoms in total. The molecule has 0 radical (unpaired) electrons. The maximum absolute atomic E-state index is 9.69. The summed E-state index contributed by atoms with van der Waals surface area (Å²) in [5.41, 5.74) is 7.74. The SMILES string of the molecule is Cc1ccc(Cn2c(C)c(C#N)c(-c3ccc(C#N)cc3)c2C)cc1. The Labute approximate surface area is 148 Å². The van der Waals surface area contributed by atoms with Crippen LogP contribution in [-0.4, -0.2) is 4.57 Å². The number of nitriles is 2. The molecule has 0 spiro atoms. The molecule has 3 heteroatoms. The Kier molecular flexibility index (Phi) is 4.42. The van der Waals surface area contributed by atoms with Gasteiger partial charge in [-0.1, -0.05) is 42.0 Å². The first kappa shape index (κ1) is 16.6. The number of benzene rings is 2. The molecule has 0 bridgehead atoms. The van der Waals surface area contributed by atoms with Crippen molar-refractivity contribution < 1.29 is 0 Å². The van der Waals surface area contributed by atoms with Crippen LogP contribution < -0.4 is 0 Å². The van der Waals surface area contributed by atoms with Crippen molar-refractivity contribution in [1.82, 2.24) is 4.57 Å². The molecular weight excluding hydrogens is 306 g/mol. The molecule has 3 aromatic rings. The summed E-state index contributed by atoms with van der Waals surface area (Å²) in [6.07, 6.45) is 0. The summed E-state index contributed by atoms with van der Waals surface area (Å²) in [6, 6.07) is 20.4. The summed E-state index contributed by atoms with van der Waals surface area (Å²) in [6.45, 7) is 6.86. The highest BCUT2D eigenvalue weighted by atomic mass is 15.0. The Balaban J connectivity index is 2.09. The molecule has 0 N–H and O–H groups in total. The molecule has 3 rings (SSSR count). The maximum atomic E-state index is 9.69. The minimum Gasteiger partial charge on any atom is -0.343 e. The lowest BCUT2D eigenvalue weighted by atomic mass is 10.0. The van der Waals surface area contributed by atoms with E-state index in [2.05, 4.69) is 54.8 Å². The van der Waals surface area contributed by atoms with Gasteiger partial charge in [-0.2, -0.15) is 10.5 Å². The van der Waals surface area contributed by atoms with Gasteiger partial charge in [-0.3, -0.25) is 0 Å². The van der Waals surface area contributed by atoms with E-state index in [-0.39, 0.29) is 0 Å². The Morgan fingerprint density at radius 2 is 1.44 bits per heavy atom. The molecule has 1 heterocycles. The average molecular weight is 325 g/mol. The van der Waals surface area contributed by atoms with Crippen molar-refractivity contribution in [3.8, 4) is 23.3 Å². The number of aryl methyl sites for hydroxylation is 1. The van der Waals surface area contributed by atoms with Gasteiger partial charge in [0.1, 0.15) is 6.07 Å². The van der Waals surface area contributed by atoms with Gasteiger partial charge in [-0.25, -0.2) is 0 Å². The zero-order valence-corrected chi connectivity index (χ0v) is 14.7. The van der Waals surface area contributed by atoms with Gasteiger partial charge in [0.25, 0.3) is 0 Å². The van der Waals surface area contributed by atoms with Gasteiger partial charge in [-0.15, -0.1) is 0 Å². The van der Waals surface area contributed by atoms with E-state index in [4.69, 9.17) is 5.26 Å².